The minimum absolute atomic E-state index is 0.0712. The summed E-state index contributed by atoms with van der Waals surface area (Å²) < 4.78 is 0. The van der Waals surface area contributed by atoms with Crippen molar-refractivity contribution in [1.82, 2.24) is 9.88 Å². The Balaban J connectivity index is 1.59. The van der Waals surface area contributed by atoms with E-state index in [1.807, 2.05) is 82.3 Å². The predicted molar refractivity (Wildman–Crippen MR) is 138 cm³/mol. The van der Waals surface area contributed by atoms with Crippen LogP contribution in [0.4, 0.5) is 11.4 Å². The van der Waals surface area contributed by atoms with Crippen LogP contribution in [-0.2, 0) is 16.1 Å². The molecule has 1 aliphatic rings. The molecular formula is C27H28N4O2S. The molecule has 1 saturated heterocycles. The number of para-hydroxylation sites is 1. The largest absolute Gasteiger partial charge is 0.326 e. The number of thioether (sulfide) groups is 1. The Hall–Kier alpha value is -3.45. The van der Waals surface area contributed by atoms with Gasteiger partial charge in [-0.1, -0.05) is 48.2 Å². The van der Waals surface area contributed by atoms with Gasteiger partial charge in [-0.05, 0) is 68.1 Å². The third kappa shape index (κ3) is 5.37. The lowest BCUT2D eigenvalue weighted by molar-refractivity contribution is -0.128. The zero-order valence-corrected chi connectivity index (χ0v) is 20.6. The first-order valence-corrected chi connectivity index (χ1v) is 12.1. The fraction of sp³-hybridized carbons (Fsp3) is 0.259. The standard InChI is InChI=1S/C27H28N4O2S/c1-17-11-12-18(2)22(14-17)29-27-31(16-21-10-5-6-13-28-21)26(33)23(34-27)15-24(32)30-25-19(3)8-7-9-20(25)4/h5-14,23H,15-16H2,1-4H3,(H,30,32). The van der Waals surface area contributed by atoms with Gasteiger partial charge in [-0.15, -0.1) is 0 Å². The third-order valence-corrected chi connectivity index (χ3v) is 6.94. The maximum Gasteiger partial charge on any atom is 0.243 e. The van der Waals surface area contributed by atoms with Crippen molar-refractivity contribution in [1.29, 1.82) is 0 Å². The van der Waals surface area contributed by atoms with Gasteiger partial charge in [0.05, 0.1) is 17.9 Å². The second-order valence-electron chi connectivity index (χ2n) is 8.56. The topological polar surface area (TPSA) is 74.7 Å². The number of aliphatic imine (C=N–C) groups is 1. The number of anilines is 1. The van der Waals surface area contributed by atoms with Crippen LogP contribution in [0.2, 0.25) is 0 Å². The minimum atomic E-state index is -0.545. The van der Waals surface area contributed by atoms with Crippen LogP contribution in [0.3, 0.4) is 0 Å². The smallest absolute Gasteiger partial charge is 0.243 e. The van der Waals surface area contributed by atoms with Gasteiger partial charge < -0.3 is 5.32 Å². The van der Waals surface area contributed by atoms with Crippen LogP contribution >= 0.6 is 11.8 Å². The molecule has 0 saturated carbocycles. The molecule has 6 nitrogen and oxygen atoms in total. The number of pyridine rings is 1. The highest BCUT2D eigenvalue weighted by atomic mass is 32.2. The van der Waals surface area contributed by atoms with Crippen molar-refractivity contribution in [2.75, 3.05) is 5.32 Å². The monoisotopic (exact) mass is 472 g/mol. The number of amidine groups is 1. The predicted octanol–water partition coefficient (Wildman–Crippen LogP) is 5.48. The first kappa shape index (κ1) is 23.7. The molecule has 174 valence electrons. The zero-order valence-electron chi connectivity index (χ0n) is 19.8. The summed E-state index contributed by atoms with van der Waals surface area (Å²) in [6.07, 6.45) is 1.78. The highest BCUT2D eigenvalue weighted by Gasteiger charge is 2.39. The van der Waals surface area contributed by atoms with Crippen molar-refractivity contribution in [2.24, 2.45) is 4.99 Å². The molecule has 0 aliphatic carbocycles. The highest BCUT2D eigenvalue weighted by molar-refractivity contribution is 8.15. The van der Waals surface area contributed by atoms with Crippen molar-refractivity contribution in [3.63, 3.8) is 0 Å². The Kier molecular flexibility index (Phi) is 7.12. The molecule has 2 heterocycles. The molecule has 1 atom stereocenters. The lowest BCUT2D eigenvalue weighted by Crippen LogP contribution is -2.33. The Morgan fingerprint density at radius 3 is 2.50 bits per heavy atom. The van der Waals surface area contributed by atoms with Gasteiger partial charge in [0.25, 0.3) is 0 Å². The number of nitrogens with one attached hydrogen (secondary N) is 1. The van der Waals surface area contributed by atoms with E-state index in [-0.39, 0.29) is 18.2 Å². The SMILES string of the molecule is Cc1ccc(C)c(N=C2SC(CC(=O)Nc3c(C)cccc3C)C(=O)N2Cc2ccccn2)c1. The van der Waals surface area contributed by atoms with Gasteiger partial charge in [0, 0.05) is 18.3 Å². The van der Waals surface area contributed by atoms with Crippen LogP contribution in [0.1, 0.15) is 34.4 Å². The molecule has 0 bridgehead atoms. The average molecular weight is 473 g/mol. The van der Waals surface area contributed by atoms with Gasteiger partial charge in [-0.25, -0.2) is 4.99 Å². The van der Waals surface area contributed by atoms with E-state index in [0.717, 1.165) is 39.3 Å². The molecule has 34 heavy (non-hydrogen) atoms. The van der Waals surface area contributed by atoms with Crippen molar-refractivity contribution in [3.8, 4) is 0 Å². The van der Waals surface area contributed by atoms with E-state index in [4.69, 9.17) is 4.99 Å². The van der Waals surface area contributed by atoms with E-state index in [9.17, 15) is 9.59 Å². The van der Waals surface area contributed by atoms with E-state index in [1.165, 1.54) is 11.8 Å². The fourth-order valence-electron chi connectivity index (χ4n) is 3.84. The number of nitrogens with zero attached hydrogens (tertiary/aromatic N) is 3. The molecule has 3 aromatic rings. The molecule has 0 radical (unpaired) electrons. The number of hydrogen-bond donors (Lipinski definition) is 1. The second kappa shape index (κ2) is 10.2. The van der Waals surface area contributed by atoms with Gasteiger partial charge in [0.2, 0.25) is 11.8 Å². The highest BCUT2D eigenvalue weighted by Crippen LogP contribution is 2.34. The Bertz CT molecular complexity index is 1240. The number of aryl methyl sites for hydroxylation is 4. The number of carbonyl (C=O) groups excluding carboxylic acids is 2. The summed E-state index contributed by atoms with van der Waals surface area (Å²) >= 11 is 1.34. The summed E-state index contributed by atoms with van der Waals surface area (Å²) in [5.74, 6) is -0.314. The molecule has 1 aromatic heterocycles. The summed E-state index contributed by atoms with van der Waals surface area (Å²) in [5, 5.41) is 3.04. The molecule has 1 fully saturated rings. The number of aromatic nitrogens is 1. The van der Waals surface area contributed by atoms with Gasteiger partial charge >= 0.3 is 0 Å². The van der Waals surface area contributed by atoms with E-state index < -0.39 is 5.25 Å². The summed E-state index contributed by atoms with van der Waals surface area (Å²) in [4.78, 5) is 37.2. The molecule has 1 aliphatic heterocycles. The van der Waals surface area contributed by atoms with Gasteiger partial charge in [0.1, 0.15) is 5.25 Å². The van der Waals surface area contributed by atoms with Gasteiger partial charge in [0.15, 0.2) is 5.17 Å². The lowest BCUT2D eigenvalue weighted by Gasteiger charge is -2.16. The maximum absolute atomic E-state index is 13.4. The van der Waals surface area contributed by atoms with Crippen LogP contribution in [0.15, 0.2) is 65.8 Å². The molecule has 0 spiro atoms. The summed E-state index contributed by atoms with van der Waals surface area (Å²) in [5.41, 5.74) is 6.51. The maximum atomic E-state index is 13.4. The zero-order chi connectivity index (χ0) is 24.2. The van der Waals surface area contributed by atoms with Crippen LogP contribution in [-0.4, -0.2) is 32.1 Å². The molecule has 2 amide bonds. The van der Waals surface area contributed by atoms with Crippen LogP contribution in [0, 0.1) is 27.7 Å². The number of benzene rings is 2. The Morgan fingerprint density at radius 1 is 1.03 bits per heavy atom. The van der Waals surface area contributed by atoms with Crippen molar-refractivity contribution < 1.29 is 9.59 Å². The summed E-state index contributed by atoms with van der Waals surface area (Å²) in [7, 11) is 0. The molecule has 1 N–H and O–H groups in total. The number of carbonyl (C=O) groups is 2. The Morgan fingerprint density at radius 2 is 1.79 bits per heavy atom. The van der Waals surface area contributed by atoms with Gasteiger partial charge in [-0.2, -0.15) is 0 Å². The van der Waals surface area contributed by atoms with Crippen LogP contribution in [0.25, 0.3) is 0 Å². The summed E-state index contributed by atoms with van der Waals surface area (Å²) in [6, 6.07) is 17.6. The normalized spacial score (nSPS) is 16.8. The van der Waals surface area contributed by atoms with Crippen molar-refractivity contribution in [2.45, 2.75) is 45.9 Å². The fourth-order valence-corrected chi connectivity index (χ4v) is 4.99. The first-order valence-electron chi connectivity index (χ1n) is 11.2. The number of rotatable bonds is 6. The van der Waals surface area contributed by atoms with Crippen molar-refractivity contribution in [3.05, 3.63) is 88.7 Å². The Labute approximate surface area is 204 Å². The second-order valence-corrected chi connectivity index (χ2v) is 9.73. The van der Waals surface area contributed by atoms with Crippen LogP contribution < -0.4 is 5.32 Å². The first-order chi connectivity index (χ1) is 16.3. The van der Waals surface area contributed by atoms with E-state index in [1.54, 1.807) is 11.1 Å². The average Bonchev–Trinajstić information content (AvgIpc) is 3.08. The van der Waals surface area contributed by atoms with Gasteiger partial charge in [-0.3, -0.25) is 19.5 Å². The van der Waals surface area contributed by atoms with E-state index in [2.05, 4.69) is 10.3 Å². The third-order valence-electron chi connectivity index (χ3n) is 5.76. The summed E-state index contributed by atoms with van der Waals surface area (Å²) in [6.45, 7) is 8.25. The molecule has 7 heteroatoms. The van der Waals surface area contributed by atoms with Crippen molar-refractivity contribution >= 4 is 40.1 Å². The molecular weight excluding hydrogens is 444 g/mol. The van der Waals surface area contributed by atoms with E-state index >= 15 is 0 Å². The molecule has 2 aromatic carbocycles. The molecule has 1 unspecified atom stereocenters. The van der Waals surface area contributed by atoms with Crippen LogP contribution in [0.5, 0.6) is 0 Å². The number of hydrogen-bond acceptors (Lipinski definition) is 5. The van der Waals surface area contributed by atoms with E-state index in [0.29, 0.717) is 11.7 Å². The molecule has 4 rings (SSSR count). The quantitative estimate of drug-likeness (QED) is 0.516. The number of amides is 2. The minimum Gasteiger partial charge on any atom is -0.326 e. The lowest BCUT2D eigenvalue weighted by atomic mass is 10.1.